The van der Waals surface area contributed by atoms with Gasteiger partial charge in [-0.3, -0.25) is 4.79 Å². The Hall–Kier alpha value is -1.64. The number of rotatable bonds is 7. The van der Waals surface area contributed by atoms with Gasteiger partial charge in [0, 0.05) is 5.56 Å². The van der Waals surface area contributed by atoms with Gasteiger partial charge < -0.3 is 5.32 Å². The average Bonchev–Trinajstić information content (AvgIpc) is 2.53. The summed E-state index contributed by atoms with van der Waals surface area (Å²) in [5, 5.41) is 3.39. The van der Waals surface area contributed by atoms with Crippen LogP contribution in [0.2, 0.25) is 0 Å². The van der Waals surface area contributed by atoms with Gasteiger partial charge in [0.15, 0.2) is 5.78 Å². The largest absolute Gasteiger partial charge is 0.303 e. The summed E-state index contributed by atoms with van der Waals surface area (Å²) in [6.07, 6.45) is 2.19. The smallest absolute Gasteiger partial charge is 0.184 e. The van der Waals surface area contributed by atoms with Crippen LogP contribution in [0.3, 0.4) is 0 Å². The number of halogens is 1. The molecule has 0 aromatic heterocycles. The van der Waals surface area contributed by atoms with Crippen molar-refractivity contribution in [2.24, 2.45) is 0 Å². The number of benzene rings is 2. The van der Waals surface area contributed by atoms with Crippen LogP contribution < -0.4 is 5.32 Å². The van der Waals surface area contributed by atoms with E-state index in [1.165, 1.54) is 0 Å². The van der Waals surface area contributed by atoms with Gasteiger partial charge in [0.2, 0.25) is 0 Å². The number of carbonyl (C=O) groups excluding carboxylic acids is 1. The fraction of sp³-hybridized carbons (Fsp3) is 0.278. The lowest BCUT2D eigenvalue weighted by molar-refractivity contribution is 0.0943. The molecule has 1 atom stereocenters. The van der Waals surface area contributed by atoms with E-state index in [0.29, 0.717) is 0 Å². The van der Waals surface area contributed by atoms with E-state index in [1.807, 2.05) is 60.7 Å². The lowest BCUT2D eigenvalue weighted by Gasteiger charge is -2.18. The lowest BCUT2D eigenvalue weighted by Crippen LogP contribution is -2.29. The fourth-order valence-corrected chi connectivity index (χ4v) is 2.20. The second-order valence-electron chi connectivity index (χ2n) is 4.88. The molecule has 0 spiro atoms. The number of ketones is 1. The van der Waals surface area contributed by atoms with Crippen LogP contribution in [0.4, 0.5) is 0 Å². The first-order valence-corrected chi connectivity index (χ1v) is 7.20. The van der Waals surface area contributed by atoms with E-state index >= 15 is 0 Å². The van der Waals surface area contributed by atoms with Crippen molar-refractivity contribution in [3.05, 3.63) is 71.8 Å². The number of nitrogens with one attached hydrogen (secondary N) is 1. The van der Waals surface area contributed by atoms with Crippen LogP contribution in [-0.2, 0) is 0 Å². The standard InChI is InChI=1S/C18H21NO.ClH/c1-2-3-14-19-17(15-10-6-4-7-11-15)18(20)16-12-8-5-9-13-16;/h4-13,17,19H,2-3,14H2,1H3;1H. The Morgan fingerprint density at radius 1 is 1.00 bits per heavy atom. The molecule has 21 heavy (non-hydrogen) atoms. The van der Waals surface area contributed by atoms with E-state index < -0.39 is 0 Å². The van der Waals surface area contributed by atoms with E-state index in [2.05, 4.69) is 12.2 Å². The summed E-state index contributed by atoms with van der Waals surface area (Å²) in [6.45, 7) is 3.01. The molecular formula is C18H22ClNO. The highest BCUT2D eigenvalue weighted by molar-refractivity contribution is 6.00. The highest BCUT2D eigenvalue weighted by Crippen LogP contribution is 2.18. The number of unbranched alkanes of at least 4 members (excludes halogenated alkanes) is 1. The minimum absolute atomic E-state index is 0. The molecule has 112 valence electrons. The van der Waals surface area contributed by atoms with Crippen molar-refractivity contribution in [1.82, 2.24) is 5.32 Å². The van der Waals surface area contributed by atoms with E-state index in [1.54, 1.807) is 0 Å². The number of Topliss-reactive ketones (excluding diaryl/α,β-unsaturated/α-hetero) is 1. The molecule has 0 amide bonds. The third-order valence-corrected chi connectivity index (χ3v) is 3.33. The topological polar surface area (TPSA) is 29.1 Å². The van der Waals surface area contributed by atoms with Gasteiger partial charge in [-0.15, -0.1) is 12.4 Å². The first-order valence-electron chi connectivity index (χ1n) is 7.20. The van der Waals surface area contributed by atoms with Crippen LogP contribution in [0.25, 0.3) is 0 Å². The van der Waals surface area contributed by atoms with Crippen LogP contribution in [0.5, 0.6) is 0 Å². The summed E-state index contributed by atoms with van der Waals surface area (Å²) >= 11 is 0. The summed E-state index contributed by atoms with van der Waals surface area (Å²) in [4.78, 5) is 12.7. The zero-order valence-corrected chi connectivity index (χ0v) is 13.1. The minimum Gasteiger partial charge on any atom is -0.303 e. The predicted molar refractivity (Wildman–Crippen MR) is 90.1 cm³/mol. The van der Waals surface area contributed by atoms with Gasteiger partial charge in [0.25, 0.3) is 0 Å². The third-order valence-electron chi connectivity index (χ3n) is 3.33. The first-order chi connectivity index (χ1) is 9.83. The fourth-order valence-electron chi connectivity index (χ4n) is 2.20. The van der Waals surface area contributed by atoms with Gasteiger partial charge in [-0.25, -0.2) is 0 Å². The summed E-state index contributed by atoms with van der Waals surface area (Å²) in [5.74, 6) is 0.132. The van der Waals surface area contributed by atoms with E-state index in [9.17, 15) is 4.79 Å². The second kappa shape index (κ2) is 9.32. The Balaban J connectivity index is 0.00000220. The van der Waals surface area contributed by atoms with Gasteiger partial charge in [0.1, 0.15) is 0 Å². The molecule has 2 aromatic carbocycles. The van der Waals surface area contributed by atoms with Crippen molar-refractivity contribution in [3.63, 3.8) is 0 Å². The van der Waals surface area contributed by atoms with Crippen LogP contribution in [0, 0.1) is 0 Å². The number of hydrogen-bond acceptors (Lipinski definition) is 2. The summed E-state index contributed by atoms with van der Waals surface area (Å²) in [5.41, 5.74) is 1.78. The molecule has 0 bridgehead atoms. The van der Waals surface area contributed by atoms with Crippen molar-refractivity contribution in [2.45, 2.75) is 25.8 Å². The molecule has 1 N–H and O–H groups in total. The normalized spacial score (nSPS) is 11.5. The van der Waals surface area contributed by atoms with E-state index in [-0.39, 0.29) is 24.2 Å². The predicted octanol–water partition coefficient (Wildman–Crippen LogP) is 4.42. The summed E-state index contributed by atoms with van der Waals surface area (Å²) in [7, 11) is 0. The lowest BCUT2D eigenvalue weighted by atomic mass is 9.97. The Bertz CT molecular complexity index is 527. The van der Waals surface area contributed by atoms with Crippen molar-refractivity contribution >= 4 is 18.2 Å². The zero-order valence-electron chi connectivity index (χ0n) is 12.3. The summed E-state index contributed by atoms with van der Waals surface area (Å²) in [6, 6.07) is 19.2. The molecule has 3 heteroatoms. The molecule has 0 fully saturated rings. The van der Waals surface area contributed by atoms with E-state index in [0.717, 1.165) is 30.5 Å². The van der Waals surface area contributed by atoms with Gasteiger partial charge in [-0.1, -0.05) is 74.0 Å². The zero-order chi connectivity index (χ0) is 14.2. The Morgan fingerprint density at radius 2 is 1.57 bits per heavy atom. The van der Waals surface area contributed by atoms with Crippen molar-refractivity contribution in [2.75, 3.05) is 6.54 Å². The molecule has 0 saturated heterocycles. The van der Waals surface area contributed by atoms with Crippen molar-refractivity contribution < 1.29 is 4.79 Å². The van der Waals surface area contributed by atoms with E-state index in [4.69, 9.17) is 0 Å². The molecule has 1 unspecified atom stereocenters. The van der Waals surface area contributed by atoms with Crippen molar-refractivity contribution in [3.8, 4) is 0 Å². The van der Waals surface area contributed by atoms with Gasteiger partial charge in [-0.05, 0) is 18.5 Å². The number of hydrogen-bond donors (Lipinski definition) is 1. The maximum absolute atomic E-state index is 12.7. The molecule has 0 aliphatic carbocycles. The van der Waals surface area contributed by atoms with Crippen LogP contribution >= 0.6 is 12.4 Å². The van der Waals surface area contributed by atoms with Gasteiger partial charge in [0.05, 0.1) is 6.04 Å². The molecule has 0 radical (unpaired) electrons. The molecule has 0 heterocycles. The molecule has 0 aliphatic heterocycles. The summed E-state index contributed by atoms with van der Waals surface area (Å²) < 4.78 is 0. The highest BCUT2D eigenvalue weighted by Gasteiger charge is 2.20. The minimum atomic E-state index is -0.259. The maximum atomic E-state index is 12.7. The van der Waals surface area contributed by atoms with Crippen LogP contribution in [0.1, 0.15) is 41.7 Å². The number of carbonyl (C=O) groups is 1. The van der Waals surface area contributed by atoms with Gasteiger partial charge >= 0.3 is 0 Å². The highest BCUT2D eigenvalue weighted by atomic mass is 35.5. The Morgan fingerprint density at radius 3 is 2.14 bits per heavy atom. The quantitative estimate of drug-likeness (QED) is 0.606. The van der Waals surface area contributed by atoms with Crippen LogP contribution in [0.15, 0.2) is 60.7 Å². The third kappa shape index (κ3) is 5.00. The maximum Gasteiger partial charge on any atom is 0.184 e. The second-order valence-corrected chi connectivity index (χ2v) is 4.88. The van der Waals surface area contributed by atoms with Gasteiger partial charge in [-0.2, -0.15) is 0 Å². The monoisotopic (exact) mass is 303 g/mol. The molecule has 2 aromatic rings. The van der Waals surface area contributed by atoms with Crippen LogP contribution in [-0.4, -0.2) is 12.3 Å². The molecule has 0 saturated carbocycles. The SMILES string of the molecule is CCCCNC(C(=O)c1ccccc1)c1ccccc1.Cl. The molecular weight excluding hydrogens is 282 g/mol. The Labute approximate surface area is 133 Å². The first kappa shape index (κ1) is 17.4. The molecule has 2 nitrogen and oxygen atoms in total. The van der Waals surface area contributed by atoms with Crippen molar-refractivity contribution in [1.29, 1.82) is 0 Å². The Kier molecular flexibility index (Phi) is 7.73. The average molecular weight is 304 g/mol. The molecule has 0 aliphatic rings. The molecule has 2 rings (SSSR count).